The summed E-state index contributed by atoms with van der Waals surface area (Å²) in [5.41, 5.74) is 1.89. The first-order valence-corrected chi connectivity index (χ1v) is 8.29. The molecule has 0 aliphatic rings. The summed E-state index contributed by atoms with van der Waals surface area (Å²) in [6.07, 6.45) is 3.83. The van der Waals surface area contributed by atoms with Gasteiger partial charge in [-0.15, -0.1) is 0 Å². The summed E-state index contributed by atoms with van der Waals surface area (Å²) in [5, 5.41) is 5.55. The predicted molar refractivity (Wildman–Crippen MR) is 94.7 cm³/mol. The van der Waals surface area contributed by atoms with Crippen LogP contribution in [0.4, 0.5) is 4.79 Å². The minimum absolute atomic E-state index is 0.0594. The first-order chi connectivity index (χ1) is 12.1. The Labute approximate surface area is 147 Å². The topological polar surface area (TPSA) is 80.3 Å². The average Bonchev–Trinajstić information content (AvgIpc) is 2.65. The summed E-state index contributed by atoms with van der Waals surface area (Å²) in [6, 6.07) is 13.1. The van der Waals surface area contributed by atoms with E-state index < -0.39 is 6.09 Å². The van der Waals surface area contributed by atoms with Crippen molar-refractivity contribution in [2.75, 3.05) is 6.54 Å². The molecule has 1 aromatic carbocycles. The van der Waals surface area contributed by atoms with Gasteiger partial charge in [-0.2, -0.15) is 0 Å². The van der Waals surface area contributed by atoms with Gasteiger partial charge in [-0.25, -0.2) is 4.79 Å². The number of pyridine rings is 1. The quantitative estimate of drug-likeness (QED) is 0.724. The molecule has 1 atom stereocenters. The molecule has 0 radical (unpaired) electrons. The van der Waals surface area contributed by atoms with Gasteiger partial charge in [0, 0.05) is 25.4 Å². The van der Waals surface area contributed by atoms with E-state index in [1.807, 2.05) is 49.4 Å². The number of benzene rings is 1. The number of alkyl carbamates (subject to hydrolysis) is 1. The molecule has 0 spiro atoms. The molecule has 0 fully saturated rings. The Morgan fingerprint density at radius 3 is 2.68 bits per heavy atom. The molecule has 1 aromatic heterocycles. The standard InChI is InChI=1S/C19H23N3O3/c1-15(17-9-5-11-20-13-17)22-18(23)10-6-12-21-19(24)25-14-16-7-3-2-4-8-16/h2-5,7-9,11,13,15H,6,10,12,14H2,1H3,(H,21,24)(H,22,23)/t15-/m0/s1. The van der Waals surface area contributed by atoms with Gasteiger partial charge in [-0.05, 0) is 30.5 Å². The zero-order chi connectivity index (χ0) is 17.9. The predicted octanol–water partition coefficient (Wildman–Crippen LogP) is 2.97. The molecule has 6 heteroatoms. The van der Waals surface area contributed by atoms with Crippen LogP contribution in [-0.2, 0) is 16.1 Å². The highest BCUT2D eigenvalue weighted by Crippen LogP contribution is 2.10. The van der Waals surface area contributed by atoms with E-state index in [1.54, 1.807) is 12.4 Å². The molecule has 0 bridgehead atoms. The summed E-state index contributed by atoms with van der Waals surface area (Å²) in [6.45, 7) is 2.53. The molecule has 25 heavy (non-hydrogen) atoms. The van der Waals surface area contributed by atoms with Crippen LogP contribution in [-0.4, -0.2) is 23.5 Å². The number of aromatic nitrogens is 1. The minimum atomic E-state index is -0.479. The van der Waals surface area contributed by atoms with Crippen LogP contribution in [0, 0.1) is 0 Å². The minimum Gasteiger partial charge on any atom is -0.445 e. The van der Waals surface area contributed by atoms with Gasteiger partial charge in [0.15, 0.2) is 0 Å². The maximum atomic E-state index is 11.9. The van der Waals surface area contributed by atoms with Crippen LogP contribution < -0.4 is 10.6 Å². The second kappa shape index (κ2) is 10.1. The summed E-state index contributed by atoms with van der Waals surface area (Å²) >= 11 is 0. The zero-order valence-electron chi connectivity index (χ0n) is 14.3. The second-order valence-electron chi connectivity index (χ2n) is 5.67. The number of carbonyl (C=O) groups excluding carboxylic acids is 2. The molecule has 2 N–H and O–H groups in total. The molecule has 0 aliphatic carbocycles. The van der Waals surface area contributed by atoms with E-state index in [9.17, 15) is 9.59 Å². The van der Waals surface area contributed by atoms with E-state index in [0.29, 0.717) is 19.4 Å². The van der Waals surface area contributed by atoms with Crippen molar-refractivity contribution in [1.29, 1.82) is 0 Å². The first kappa shape index (κ1) is 18.4. The van der Waals surface area contributed by atoms with Gasteiger partial charge in [-0.3, -0.25) is 9.78 Å². The summed E-state index contributed by atoms with van der Waals surface area (Å²) in [5.74, 6) is -0.0594. The SMILES string of the molecule is C[C@H](NC(=O)CCCNC(=O)OCc1ccccc1)c1cccnc1. The number of amides is 2. The molecule has 1 heterocycles. The van der Waals surface area contributed by atoms with E-state index in [4.69, 9.17) is 4.74 Å². The largest absolute Gasteiger partial charge is 0.445 e. The number of hydrogen-bond donors (Lipinski definition) is 2. The van der Waals surface area contributed by atoms with Crippen molar-refractivity contribution in [3.63, 3.8) is 0 Å². The van der Waals surface area contributed by atoms with Crippen molar-refractivity contribution in [3.05, 3.63) is 66.0 Å². The second-order valence-corrected chi connectivity index (χ2v) is 5.67. The Bertz CT molecular complexity index is 662. The van der Waals surface area contributed by atoms with Gasteiger partial charge in [0.25, 0.3) is 0 Å². The van der Waals surface area contributed by atoms with Crippen molar-refractivity contribution in [2.45, 2.75) is 32.4 Å². The van der Waals surface area contributed by atoms with Gasteiger partial charge in [0.05, 0.1) is 6.04 Å². The fourth-order valence-corrected chi connectivity index (χ4v) is 2.24. The highest BCUT2D eigenvalue weighted by Gasteiger charge is 2.09. The Morgan fingerprint density at radius 1 is 1.16 bits per heavy atom. The van der Waals surface area contributed by atoms with E-state index >= 15 is 0 Å². The van der Waals surface area contributed by atoms with Crippen molar-refractivity contribution in [2.24, 2.45) is 0 Å². The summed E-state index contributed by atoms with van der Waals surface area (Å²) < 4.78 is 5.10. The maximum absolute atomic E-state index is 11.9. The molecule has 6 nitrogen and oxygen atoms in total. The monoisotopic (exact) mass is 341 g/mol. The molecule has 2 aromatic rings. The van der Waals surface area contributed by atoms with E-state index in [-0.39, 0.29) is 18.6 Å². The number of hydrogen-bond acceptors (Lipinski definition) is 4. The Hall–Kier alpha value is -2.89. The van der Waals surface area contributed by atoms with E-state index in [1.165, 1.54) is 0 Å². The van der Waals surface area contributed by atoms with Gasteiger partial charge in [-0.1, -0.05) is 36.4 Å². The Morgan fingerprint density at radius 2 is 1.96 bits per heavy atom. The van der Waals surface area contributed by atoms with Crippen molar-refractivity contribution in [1.82, 2.24) is 15.6 Å². The highest BCUT2D eigenvalue weighted by molar-refractivity contribution is 5.76. The lowest BCUT2D eigenvalue weighted by Crippen LogP contribution is -2.29. The molecule has 0 aliphatic heterocycles. The van der Waals surface area contributed by atoms with Crippen molar-refractivity contribution in [3.8, 4) is 0 Å². The third kappa shape index (κ3) is 7.03. The lowest BCUT2D eigenvalue weighted by molar-refractivity contribution is -0.121. The van der Waals surface area contributed by atoms with Gasteiger partial charge >= 0.3 is 6.09 Å². The number of nitrogens with zero attached hydrogens (tertiary/aromatic N) is 1. The lowest BCUT2D eigenvalue weighted by Gasteiger charge is -2.13. The number of ether oxygens (including phenoxy) is 1. The van der Waals surface area contributed by atoms with Crippen LogP contribution in [0.25, 0.3) is 0 Å². The lowest BCUT2D eigenvalue weighted by atomic mass is 10.1. The number of carbonyl (C=O) groups is 2. The van der Waals surface area contributed by atoms with Crippen LogP contribution in [0.5, 0.6) is 0 Å². The third-order valence-corrected chi connectivity index (χ3v) is 3.62. The van der Waals surface area contributed by atoms with Gasteiger partial charge in [0.1, 0.15) is 6.61 Å². The molecular weight excluding hydrogens is 318 g/mol. The number of nitrogens with one attached hydrogen (secondary N) is 2. The summed E-state index contributed by atoms with van der Waals surface area (Å²) in [4.78, 5) is 27.5. The summed E-state index contributed by atoms with van der Waals surface area (Å²) in [7, 11) is 0. The highest BCUT2D eigenvalue weighted by atomic mass is 16.5. The molecule has 0 unspecified atom stereocenters. The zero-order valence-corrected chi connectivity index (χ0v) is 14.3. The van der Waals surface area contributed by atoms with Crippen LogP contribution >= 0.6 is 0 Å². The van der Waals surface area contributed by atoms with Crippen molar-refractivity contribution >= 4 is 12.0 Å². The van der Waals surface area contributed by atoms with Gasteiger partial charge < -0.3 is 15.4 Å². The molecular formula is C19H23N3O3. The maximum Gasteiger partial charge on any atom is 0.407 e. The average molecular weight is 341 g/mol. The van der Waals surface area contributed by atoms with E-state index in [0.717, 1.165) is 11.1 Å². The normalized spacial score (nSPS) is 11.4. The first-order valence-electron chi connectivity index (χ1n) is 8.29. The number of rotatable bonds is 8. The van der Waals surface area contributed by atoms with Crippen molar-refractivity contribution < 1.29 is 14.3 Å². The van der Waals surface area contributed by atoms with Crippen LogP contribution in [0.1, 0.15) is 36.9 Å². The smallest absolute Gasteiger partial charge is 0.407 e. The Kier molecular flexibility index (Phi) is 7.43. The third-order valence-electron chi connectivity index (χ3n) is 3.62. The van der Waals surface area contributed by atoms with Crippen LogP contribution in [0.3, 0.4) is 0 Å². The van der Waals surface area contributed by atoms with Gasteiger partial charge in [0.2, 0.25) is 5.91 Å². The molecule has 0 saturated heterocycles. The molecule has 132 valence electrons. The molecule has 2 amide bonds. The fourth-order valence-electron chi connectivity index (χ4n) is 2.24. The molecule has 0 saturated carbocycles. The molecule has 2 rings (SSSR count). The van der Waals surface area contributed by atoms with Crippen LogP contribution in [0.15, 0.2) is 54.9 Å². The van der Waals surface area contributed by atoms with Crippen LogP contribution in [0.2, 0.25) is 0 Å². The Balaban J connectivity index is 1.57. The van der Waals surface area contributed by atoms with E-state index in [2.05, 4.69) is 15.6 Å². The fraction of sp³-hybridized carbons (Fsp3) is 0.316.